The second-order valence-corrected chi connectivity index (χ2v) is 7.79. The van der Waals surface area contributed by atoms with E-state index in [-0.39, 0.29) is 24.7 Å². The Kier molecular flexibility index (Phi) is 8.22. The molecule has 0 bridgehead atoms. The van der Waals surface area contributed by atoms with Crippen LogP contribution in [-0.4, -0.2) is 42.7 Å². The summed E-state index contributed by atoms with van der Waals surface area (Å²) in [5, 5.41) is 11.5. The summed E-state index contributed by atoms with van der Waals surface area (Å²) in [4.78, 5) is 14.7. The average molecular weight is 420 g/mol. The number of carbonyl (C=O) groups excluding carboxylic acids is 1. The standard InChI is InChI=1S/C25H29N3O3/c1-19-16-28(17-20(2)31-19)18-23-6-4-3-5-22(23)15-27-25(29)12-9-21-7-10-24(11-8-21)30-14-13-26/h3-12,19-20H,14-18H2,1-2H3,(H,27,29). The summed E-state index contributed by atoms with van der Waals surface area (Å²) in [6.07, 6.45) is 3.74. The van der Waals surface area contributed by atoms with E-state index in [9.17, 15) is 4.79 Å². The van der Waals surface area contributed by atoms with E-state index < -0.39 is 0 Å². The first kappa shape index (κ1) is 22.5. The van der Waals surface area contributed by atoms with Crippen LogP contribution in [0.25, 0.3) is 6.08 Å². The van der Waals surface area contributed by atoms with Crippen molar-refractivity contribution in [3.05, 3.63) is 71.3 Å². The number of nitrogens with zero attached hydrogens (tertiary/aromatic N) is 2. The van der Waals surface area contributed by atoms with Crippen molar-refractivity contribution >= 4 is 12.0 Å². The Labute approximate surface area is 184 Å². The summed E-state index contributed by atoms with van der Waals surface area (Å²) in [5.41, 5.74) is 3.23. The van der Waals surface area contributed by atoms with E-state index in [0.29, 0.717) is 12.3 Å². The summed E-state index contributed by atoms with van der Waals surface area (Å²) in [6, 6.07) is 17.4. The van der Waals surface area contributed by atoms with Crippen LogP contribution in [0.4, 0.5) is 0 Å². The molecule has 162 valence electrons. The third-order valence-corrected chi connectivity index (χ3v) is 5.07. The fourth-order valence-corrected chi connectivity index (χ4v) is 3.74. The van der Waals surface area contributed by atoms with Crippen molar-refractivity contribution in [2.45, 2.75) is 39.1 Å². The largest absolute Gasteiger partial charge is 0.479 e. The van der Waals surface area contributed by atoms with Crippen LogP contribution in [0, 0.1) is 11.3 Å². The molecule has 0 spiro atoms. The third kappa shape index (κ3) is 7.25. The number of amides is 1. The first-order valence-corrected chi connectivity index (χ1v) is 10.5. The van der Waals surface area contributed by atoms with Gasteiger partial charge in [-0.3, -0.25) is 9.69 Å². The maximum atomic E-state index is 12.3. The molecule has 0 radical (unpaired) electrons. The molecule has 3 rings (SSSR count). The highest BCUT2D eigenvalue weighted by molar-refractivity contribution is 5.91. The molecule has 1 N–H and O–H groups in total. The predicted octanol–water partition coefficient (Wildman–Crippen LogP) is 3.53. The number of morpholine rings is 1. The Morgan fingerprint density at radius 2 is 1.84 bits per heavy atom. The SMILES string of the molecule is CC1CN(Cc2ccccc2CNC(=O)C=Cc2ccc(OCC#N)cc2)CC(C)O1. The van der Waals surface area contributed by atoms with Crippen LogP contribution in [0.15, 0.2) is 54.6 Å². The number of nitrogens with one attached hydrogen (secondary N) is 1. The first-order valence-electron chi connectivity index (χ1n) is 10.5. The van der Waals surface area contributed by atoms with E-state index in [1.165, 1.54) is 11.6 Å². The number of hydrogen-bond donors (Lipinski definition) is 1. The van der Waals surface area contributed by atoms with Gasteiger partial charge in [-0.15, -0.1) is 0 Å². The fraction of sp³-hybridized carbons (Fsp3) is 0.360. The van der Waals surface area contributed by atoms with Gasteiger partial charge in [-0.2, -0.15) is 5.26 Å². The van der Waals surface area contributed by atoms with Crippen LogP contribution in [0.3, 0.4) is 0 Å². The molecule has 2 aromatic rings. The maximum Gasteiger partial charge on any atom is 0.244 e. The molecule has 6 heteroatoms. The molecule has 1 aliphatic rings. The minimum absolute atomic E-state index is 0.0165. The summed E-state index contributed by atoms with van der Waals surface area (Å²) in [6.45, 7) is 7.38. The van der Waals surface area contributed by atoms with E-state index in [2.05, 4.69) is 36.2 Å². The summed E-state index contributed by atoms with van der Waals surface area (Å²) in [5.74, 6) is 0.483. The minimum atomic E-state index is -0.145. The highest BCUT2D eigenvalue weighted by Gasteiger charge is 2.22. The molecule has 1 fully saturated rings. The van der Waals surface area contributed by atoms with Crippen molar-refractivity contribution in [3.8, 4) is 11.8 Å². The lowest BCUT2D eigenvalue weighted by Crippen LogP contribution is -2.45. The molecule has 0 saturated carbocycles. The fourth-order valence-electron chi connectivity index (χ4n) is 3.74. The van der Waals surface area contributed by atoms with Gasteiger partial charge >= 0.3 is 0 Å². The van der Waals surface area contributed by atoms with E-state index in [4.69, 9.17) is 14.7 Å². The normalized spacial score (nSPS) is 19.1. The Hall–Kier alpha value is -3.14. The van der Waals surface area contributed by atoms with Gasteiger partial charge in [0, 0.05) is 32.3 Å². The van der Waals surface area contributed by atoms with Crippen molar-refractivity contribution in [2.24, 2.45) is 0 Å². The van der Waals surface area contributed by atoms with Crippen molar-refractivity contribution < 1.29 is 14.3 Å². The summed E-state index contributed by atoms with van der Waals surface area (Å²) in [7, 11) is 0. The zero-order valence-corrected chi connectivity index (χ0v) is 18.1. The highest BCUT2D eigenvalue weighted by atomic mass is 16.5. The number of rotatable bonds is 8. The molecule has 31 heavy (non-hydrogen) atoms. The van der Waals surface area contributed by atoms with Crippen LogP contribution in [0.2, 0.25) is 0 Å². The predicted molar refractivity (Wildman–Crippen MR) is 120 cm³/mol. The molecular formula is C25H29N3O3. The van der Waals surface area contributed by atoms with Crippen LogP contribution < -0.4 is 10.1 Å². The molecule has 1 saturated heterocycles. The lowest BCUT2D eigenvalue weighted by Gasteiger charge is -2.35. The molecule has 6 nitrogen and oxygen atoms in total. The number of nitriles is 1. The molecular weight excluding hydrogens is 390 g/mol. The van der Waals surface area contributed by atoms with E-state index in [1.807, 2.05) is 30.3 Å². The van der Waals surface area contributed by atoms with Crippen LogP contribution in [0.5, 0.6) is 5.75 Å². The minimum Gasteiger partial charge on any atom is -0.479 e. The van der Waals surface area contributed by atoms with Crippen molar-refractivity contribution in [2.75, 3.05) is 19.7 Å². The van der Waals surface area contributed by atoms with E-state index >= 15 is 0 Å². The van der Waals surface area contributed by atoms with Crippen LogP contribution >= 0.6 is 0 Å². The van der Waals surface area contributed by atoms with Gasteiger partial charge in [-0.1, -0.05) is 36.4 Å². The molecule has 0 aliphatic carbocycles. The molecule has 2 atom stereocenters. The average Bonchev–Trinajstić information content (AvgIpc) is 2.75. The molecule has 1 heterocycles. The van der Waals surface area contributed by atoms with Gasteiger partial charge in [-0.05, 0) is 48.7 Å². The second kappa shape index (κ2) is 11.3. The molecule has 1 amide bonds. The van der Waals surface area contributed by atoms with Gasteiger partial charge < -0.3 is 14.8 Å². The zero-order chi connectivity index (χ0) is 22.1. The Morgan fingerprint density at radius 1 is 1.16 bits per heavy atom. The van der Waals surface area contributed by atoms with Gasteiger partial charge in [0.15, 0.2) is 6.61 Å². The van der Waals surface area contributed by atoms with Crippen molar-refractivity contribution in [1.29, 1.82) is 5.26 Å². The topological polar surface area (TPSA) is 74.6 Å². The maximum absolute atomic E-state index is 12.3. The molecule has 2 unspecified atom stereocenters. The Balaban J connectivity index is 1.53. The van der Waals surface area contributed by atoms with E-state index in [0.717, 1.165) is 30.8 Å². The number of benzene rings is 2. The highest BCUT2D eigenvalue weighted by Crippen LogP contribution is 2.17. The lowest BCUT2D eigenvalue weighted by atomic mass is 10.1. The van der Waals surface area contributed by atoms with Gasteiger partial charge in [0.25, 0.3) is 0 Å². The smallest absolute Gasteiger partial charge is 0.244 e. The molecule has 0 aromatic heterocycles. The van der Waals surface area contributed by atoms with Gasteiger partial charge in [0.1, 0.15) is 11.8 Å². The Bertz CT molecular complexity index is 924. The zero-order valence-electron chi connectivity index (χ0n) is 18.1. The number of ether oxygens (including phenoxy) is 2. The summed E-state index contributed by atoms with van der Waals surface area (Å²) >= 11 is 0. The monoisotopic (exact) mass is 419 g/mol. The second-order valence-electron chi connectivity index (χ2n) is 7.79. The third-order valence-electron chi connectivity index (χ3n) is 5.07. The first-order chi connectivity index (χ1) is 15.0. The van der Waals surface area contributed by atoms with Gasteiger partial charge in [-0.25, -0.2) is 0 Å². The van der Waals surface area contributed by atoms with E-state index in [1.54, 1.807) is 18.2 Å². The number of carbonyl (C=O) groups is 1. The lowest BCUT2D eigenvalue weighted by molar-refractivity contribution is -0.116. The van der Waals surface area contributed by atoms with Crippen molar-refractivity contribution in [3.63, 3.8) is 0 Å². The summed E-state index contributed by atoms with van der Waals surface area (Å²) < 4.78 is 11.1. The quantitative estimate of drug-likeness (QED) is 0.663. The van der Waals surface area contributed by atoms with Gasteiger partial charge in [0.05, 0.1) is 12.2 Å². The molecule has 2 aromatic carbocycles. The van der Waals surface area contributed by atoms with Gasteiger partial charge in [0.2, 0.25) is 5.91 Å². The number of hydrogen-bond acceptors (Lipinski definition) is 5. The van der Waals surface area contributed by atoms with Crippen LogP contribution in [0.1, 0.15) is 30.5 Å². The molecule has 1 aliphatic heterocycles. The van der Waals surface area contributed by atoms with Crippen LogP contribution in [-0.2, 0) is 22.6 Å². The Morgan fingerprint density at radius 3 is 2.52 bits per heavy atom. The van der Waals surface area contributed by atoms with Crippen molar-refractivity contribution in [1.82, 2.24) is 10.2 Å².